The van der Waals surface area contributed by atoms with Crippen molar-refractivity contribution in [3.05, 3.63) is 35.4 Å². The van der Waals surface area contributed by atoms with E-state index in [0.717, 1.165) is 19.3 Å². The van der Waals surface area contributed by atoms with Crippen molar-refractivity contribution in [3.8, 4) is 0 Å². The molecule has 1 saturated carbocycles. The molecule has 1 aliphatic rings. The molecule has 11 N–H and O–H groups in total. The van der Waals surface area contributed by atoms with Crippen LogP contribution in [0.3, 0.4) is 0 Å². The van der Waals surface area contributed by atoms with Crippen molar-refractivity contribution < 1.29 is 24.4 Å². The number of hydrogen-bond donors (Lipinski definition) is 7. The minimum absolute atomic E-state index is 0.0625. The van der Waals surface area contributed by atoms with E-state index in [-0.39, 0.29) is 37.1 Å². The molecule has 14 nitrogen and oxygen atoms in total. The number of nitrogens with two attached hydrogens (primary N) is 4. The maximum atomic E-state index is 13.6. The van der Waals surface area contributed by atoms with Crippen molar-refractivity contribution in [1.29, 1.82) is 0 Å². The van der Waals surface area contributed by atoms with E-state index in [2.05, 4.69) is 20.8 Å². The molecule has 14 heteroatoms. The number of nitrogens with zero attached hydrogens (tertiary/aromatic N) is 3. The summed E-state index contributed by atoms with van der Waals surface area (Å²) in [5, 5.41) is 17.4. The third-order valence-electron chi connectivity index (χ3n) is 7.16. The number of guanidine groups is 1. The van der Waals surface area contributed by atoms with Gasteiger partial charge >= 0.3 is 0 Å². The first-order valence-corrected chi connectivity index (χ1v) is 13.7. The van der Waals surface area contributed by atoms with Crippen LogP contribution in [-0.2, 0) is 25.6 Å². The second-order valence-electron chi connectivity index (χ2n) is 10.5. The summed E-state index contributed by atoms with van der Waals surface area (Å²) >= 11 is 0. The van der Waals surface area contributed by atoms with E-state index in [9.17, 15) is 19.2 Å². The predicted molar refractivity (Wildman–Crippen MR) is 154 cm³/mol. The van der Waals surface area contributed by atoms with Crippen molar-refractivity contribution >= 4 is 35.4 Å². The van der Waals surface area contributed by atoms with Crippen molar-refractivity contribution in [2.75, 3.05) is 20.6 Å². The minimum Gasteiger partial charge on any atom is -0.409 e. The molecule has 4 amide bonds. The molecule has 226 valence electrons. The lowest BCUT2D eigenvalue weighted by Crippen LogP contribution is -2.57. The first-order chi connectivity index (χ1) is 19.4. The van der Waals surface area contributed by atoms with E-state index in [4.69, 9.17) is 28.1 Å². The van der Waals surface area contributed by atoms with Gasteiger partial charge in [0.2, 0.25) is 23.6 Å². The highest BCUT2D eigenvalue weighted by atomic mass is 16.4. The molecule has 1 aromatic carbocycles. The molecular formula is C27H43N9O5. The van der Waals surface area contributed by atoms with Gasteiger partial charge in [0.1, 0.15) is 18.0 Å². The lowest BCUT2D eigenvalue weighted by atomic mass is 9.83. The van der Waals surface area contributed by atoms with Crippen LogP contribution in [0.5, 0.6) is 0 Å². The Morgan fingerprint density at radius 2 is 1.61 bits per heavy atom. The molecule has 0 heterocycles. The average Bonchev–Trinajstić information content (AvgIpc) is 2.95. The van der Waals surface area contributed by atoms with Crippen LogP contribution in [0.15, 0.2) is 34.4 Å². The zero-order chi connectivity index (χ0) is 30.5. The molecular weight excluding hydrogens is 530 g/mol. The Morgan fingerprint density at radius 3 is 2.15 bits per heavy atom. The van der Waals surface area contributed by atoms with Crippen molar-refractivity contribution in [2.45, 2.75) is 63.5 Å². The summed E-state index contributed by atoms with van der Waals surface area (Å²) in [4.78, 5) is 57.5. The lowest BCUT2D eigenvalue weighted by molar-refractivity contribution is -0.142. The highest BCUT2D eigenvalue weighted by Crippen LogP contribution is 2.27. The van der Waals surface area contributed by atoms with Gasteiger partial charge in [0, 0.05) is 26.2 Å². The van der Waals surface area contributed by atoms with Crippen LogP contribution in [0.2, 0.25) is 0 Å². The SMILES string of the molecule is CN(C)C(=O)[C@@H](Cc1ccc(/C(N)=N/O)cc1)C(=O)N[C@H](C(=O)N[C@H](CCCN=C(N)N)C(N)=O)C1CCCCC1. The molecule has 1 fully saturated rings. The number of primary amides is 1. The van der Waals surface area contributed by atoms with Crippen LogP contribution in [0.1, 0.15) is 56.1 Å². The summed E-state index contributed by atoms with van der Waals surface area (Å²) in [6.45, 7) is 0.263. The molecule has 0 unspecified atom stereocenters. The summed E-state index contributed by atoms with van der Waals surface area (Å²) in [5.41, 5.74) is 23.0. The number of aliphatic imine (C=N–C) groups is 1. The van der Waals surface area contributed by atoms with Gasteiger partial charge in [0.15, 0.2) is 11.8 Å². The van der Waals surface area contributed by atoms with Gasteiger partial charge in [-0.05, 0) is 43.6 Å². The van der Waals surface area contributed by atoms with Crippen LogP contribution in [0.25, 0.3) is 0 Å². The third-order valence-corrected chi connectivity index (χ3v) is 7.16. The Morgan fingerprint density at radius 1 is 0.976 bits per heavy atom. The summed E-state index contributed by atoms with van der Waals surface area (Å²) < 4.78 is 0. The minimum atomic E-state index is -1.12. The van der Waals surface area contributed by atoms with Crippen molar-refractivity contribution in [3.63, 3.8) is 0 Å². The van der Waals surface area contributed by atoms with Gasteiger partial charge in [-0.25, -0.2) is 0 Å². The number of hydrogen-bond acceptors (Lipinski definition) is 7. The van der Waals surface area contributed by atoms with Gasteiger partial charge in [-0.15, -0.1) is 0 Å². The molecule has 1 aliphatic carbocycles. The van der Waals surface area contributed by atoms with E-state index in [1.807, 2.05) is 0 Å². The number of benzene rings is 1. The van der Waals surface area contributed by atoms with Gasteiger partial charge < -0.3 is 43.7 Å². The van der Waals surface area contributed by atoms with Gasteiger partial charge in [-0.3, -0.25) is 24.2 Å². The molecule has 3 atom stereocenters. The standard InChI is InChI=1S/C27H43N9O5/c1-36(2)26(40)19(15-16-10-12-18(13-11-16)22(28)35-41)24(38)34-21(17-7-4-3-5-8-17)25(39)33-20(23(29)37)9-6-14-32-27(30)31/h10-13,17,19-21,41H,3-9,14-15H2,1-2H3,(H2,28,35)(H2,29,37)(H,33,39)(H,34,38)(H4,30,31,32)/t19-,20+,21-/m0/s1. The summed E-state index contributed by atoms with van der Waals surface area (Å²) in [5.74, 6) is -3.71. The lowest BCUT2D eigenvalue weighted by Gasteiger charge is -2.32. The average molecular weight is 574 g/mol. The fourth-order valence-corrected chi connectivity index (χ4v) is 4.88. The second kappa shape index (κ2) is 16.0. The molecule has 0 aliphatic heterocycles. The Kier molecular flexibility index (Phi) is 12.8. The highest BCUT2D eigenvalue weighted by Gasteiger charge is 2.36. The normalized spacial score (nSPS) is 16.1. The summed E-state index contributed by atoms with van der Waals surface area (Å²) in [6.07, 6.45) is 4.93. The molecule has 0 aromatic heterocycles. The molecule has 0 bridgehead atoms. The smallest absolute Gasteiger partial charge is 0.243 e. The zero-order valence-electron chi connectivity index (χ0n) is 23.7. The molecule has 1 aromatic rings. The summed E-state index contributed by atoms with van der Waals surface area (Å²) in [6, 6.07) is 4.67. The van der Waals surface area contributed by atoms with Crippen LogP contribution >= 0.6 is 0 Å². The van der Waals surface area contributed by atoms with Crippen LogP contribution in [0.4, 0.5) is 0 Å². The number of oxime groups is 1. The molecule has 0 radical (unpaired) electrons. The fraction of sp³-hybridized carbons (Fsp3) is 0.556. The maximum Gasteiger partial charge on any atom is 0.243 e. The van der Waals surface area contributed by atoms with Crippen molar-refractivity contribution in [2.24, 2.45) is 44.9 Å². The second-order valence-corrected chi connectivity index (χ2v) is 10.5. The molecule has 0 spiro atoms. The van der Waals surface area contributed by atoms with E-state index in [1.54, 1.807) is 38.4 Å². The number of carbonyl (C=O) groups is 4. The van der Waals surface area contributed by atoms with E-state index >= 15 is 0 Å². The monoisotopic (exact) mass is 573 g/mol. The molecule has 0 saturated heterocycles. The third kappa shape index (κ3) is 10.3. The summed E-state index contributed by atoms with van der Waals surface area (Å²) in [7, 11) is 3.10. The highest BCUT2D eigenvalue weighted by molar-refractivity contribution is 6.02. The predicted octanol–water partition coefficient (Wildman–Crippen LogP) is -0.883. The Bertz CT molecular complexity index is 1110. The van der Waals surface area contributed by atoms with E-state index in [0.29, 0.717) is 30.4 Å². The van der Waals surface area contributed by atoms with Gasteiger partial charge in [0.05, 0.1) is 0 Å². The Hall–Kier alpha value is -4.36. The zero-order valence-corrected chi connectivity index (χ0v) is 23.7. The van der Waals surface area contributed by atoms with E-state index in [1.165, 1.54) is 4.90 Å². The number of amides is 4. The molecule has 2 rings (SSSR count). The van der Waals surface area contributed by atoms with Gasteiger partial charge in [-0.2, -0.15) is 0 Å². The Labute approximate surface area is 239 Å². The van der Waals surface area contributed by atoms with E-state index < -0.39 is 41.6 Å². The van der Waals surface area contributed by atoms with Gasteiger partial charge in [0.25, 0.3) is 0 Å². The quantitative estimate of drug-likeness (QED) is 0.0367. The number of nitrogens with one attached hydrogen (secondary N) is 2. The van der Waals surface area contributed by atoms with Crippen LogP contribution in [-0.4, -0.2) is 78.3 Å². The first-order valence-electron chi connectivity index (χ1n) is 13.7. The van der Waals surface area contributed by atoms with Crippen LogP contribution < -0.4 is 33.6 Å². The number of carbonyl (C=O) groups excluding carboxylic acids is 4. The van der Waals surface area contributed by atoms with Gasteiger partial charge in [-0.1, -0.05) is 48.7 Å². The largest absolute Gasteiger partial charge is 0.409 e. The van der Waals surface area contributed by atoms with Crippen molar-refractivity contribution in [1.82, 2.24) is 15.5 Å². The Balaban J connectivity index is 2.26. The maximum absolute atomic E-state index is 13.6. The topological polar surface area (TPSA) is 245 Å². The number of rotatable bonds is 14. The van der Waals surface area contributed by atoms with Crippen LogP contribution in [0, 0.1) is 11.8 Å². The first kappa shape index (κ1) is 32.8. The fourth-order valence-electron chi connectivity index (χ4n) is 4.88. The number of amidine groups is 1. The molecule has 41 heavy (non-hydrogen) atoms.